The van der Waals surface area contributed by atoms with Crippen molar-refractivity contribution in [1.29, 1.82) is 0 Å². The summed E-state index contributed by atoms with van der Waals surface area (Å²) in [5.74, 6) is -0.300. The number of carbonyl (C=O) groups excluding carboxylic acids is 1. The molecule has 20 heavy (non-hydrogen) atoms. The summed E-state index contributed by atoms with van der Waals surface area (Å²) in [6.45, 7) is 3.66. The lowest BCUT2D eigenvalue weighted by atomic mass is 10.2. The number of ether oxygens (including phenoxy) is 1. The van der Waals surface area contributed by atoms with Crippen molar-refractivity contribution in [1.82, 2.24) is 5.32 Å². The Morgan fingerprint density at radius 3 is 2.75 bits per heavy atom. The molecule has 2 rings (SSSR count). The summed E-state index contributed by atoms with van der Waals surface area (Å²) in [5.41, 5.74) is 1.01. The lowest BCUT2D eigenvalue weighted by Crippen LogP contribution is -2.27. The summed E-state index contributed by atoms with van der Waals surface area (Å²) in [4.78, 5) is 13.1. The average Bonchev–Trinajstić information content (AvgIpc) is 2.99. The number of carbonyl (C=O) groups is 1. The van der Waals surface area contributed by atoms with Gasteiger partial charge in [0.05, 0.1) is 5.92 Å². The second-order valence-corrected chi connectivity index (χ2v) is 5.74. The molecule has 0 saturated carbocycles. The molecule has 1 N–H and O–H groups in total. The molecule has 0 bridgehead atoms. The minimum Gasteiger partial charge on any atom is -0.461 e. The topological polar surface area (TPSA) is 38.3 Å². The first-order valence-electron chi connectivity index (χ1n) is 6.69. The largest absolute Gasteiger partial charge is 0.461 e. The Hall–Kier alpha value is -1.65. The molecule has 0 saturated heterocycles. The zero-order valence-corrected chi connectivity index (χ0v) is 12.4. The summed E-state index contributed by atoms with van der Waals surface area (Å²) in [6.07, 6.45) is 0. The number of hydrogen-bond acceptors (Lipinski definition) is 4. The molecule has 3 nitrogen and oxygen atoms in total. The van der Waals surface area contributed by atoms with Crippen LogP contribution in [0.3, 0.4) is 0 Å². The molecule has 0 radical (unpaired) electrons. The highest BCUT2D eigenvalue weighted by molar-refractivity contribution is 7.09. The van der Waals surface area contributed by atoms with Crippen molar-refractivity contribution < 1.29 is 9.53 Å². The molecule has 1 unspecified atom stereocenters. The van der Waals surface area contributed by atoms with Gasteiger partial charge in [-0.25, -0.2) is 0 Å². The van der Waals surface area contributed by atoms with Gasteiger partial charge in [0.2, 0.25) is 0 Å². The Morgan fingerprint density at radius 2 is 2.05 bits per heavy atom. The second-order valence-electron chi connectivity index (χ2n) is 4.70. The van der Waals surface area contributed by atoms with Gasteiger partial charge in [-0.1, -0.05) is 43.3 Å². The fourth-order valence-corrected chi connectivity index (χ4v) is 2.45. The van der Waals surface area contributed by atoms with Gasteiger partial charge in [0, 0.05) is 18.0 Å². The minimum absolute atomic E-state index is 0.140. The van der Waals surface area contributed by atoms with Crippen molar-refractivity contribution in [3.8, 4) is 0 Å². The van der Waals surface area contributed by atoms with Crippen molar-refractivity contribution in [3.05, 3.63) is 58.3 Å². The first kappa shape index (κ1) is 14.8. The van der Waals surface area contributed by atoms with Gasteiger partial charge in [-0.2, -0.15) is 0 Å². The Balaban J connectivity index is 1.66. The predicted molar refractivity (Wildman–Crippen MR) is 81.4 cm³/mol. The molecular formula is C16H19NO2S. The highest BCUT2D eigenvalue weighted by Crippen LogP contribution is 2.08. The number of thiophene rings is 1. The van der Waals surface area contributed by atoms with E-state index in [9.17, 15) is 4.79 Å². The van der Waals surface area contributed by atoms with E-state index >= 15 is 0 Å². The summed E-state index contributed by atoms with van der Waals surface area (Å²) in [6, 6.07) is 13.8. The molecule has 0 aliphatic rings. The summed E-state index contributed by atoms with van der Waals surface area (Å²) < 4.78 is 5.30. The Labute approximate surface area is 123 Å². The molecule has 1 heterocycles. The second kappa shape index (κ2) is 7.82. The monoisotopic (exact) mass is 289 g/mol. The molecule has 0 spiro atoms. The van der Waals surface area contributed by atoms with Gasteiger partial charge >= 0.3 is 5.97 Å². The third-order valence-corrected chi connectivity index (χ3v) is 3.83. The third-order valence-electron chi connectivity index (χ3n) is 2.96. The Morgan fingerprint density at radius 1 is 1.25 bits per heavy atom. The smallest absolute Gasteiger partial charge is 0.310 e. The van der Waals surface area contributed by atoms with Crippen molar-refractivity contribution in [2.45, 2.75) is 20.1 Å². The molecule has 1 atom stereocenters. The number of esters is 1. The normalized spacial score (nSPS) is 12.1. The molecule has 1 aromatic carbocycles. The Kier molecular flexibility index (Phi) is 5.77. The van der Waals surface area contributed by atoms with Gasteiger partial charge < -0.3 is 10.1 Å². The van der Waals surface area contributed by atoms with E-state index in [-0.39, 0.29) is 11.9 Å². The summed E-state index contributed by atoms with van der Waals surface area (Å²) in [7, 11) is 0. The van der Waals surface area contributed by atoms with Crippen molar-refractivity contribution >= 4 is 17.3 Å². The number of rotatable bonds is 7. The number of hydrogen-bond donors (Lipinski definition) is 1. The van der Waals surface area contributed by atoms with Gasteiger partial charge in [0.25, 0.3) is 0 Å². The fraction of sp³-hybridized carbons (Fsp3) is 0.312. The maximum atomic E-state index is 11.8. The molecular weight excluding hydrogens is 270 g/mol. The van der Waals surface area contributed by atoms with Crippen LogP contribution in [-0.4, -0.2) is 12.5 Å². The van der Waals surface area contributed by atoms with Crippen LogP contribution in [0.5, 0.6) is 0 Å². The molecule has 0 fully saturated rings. The fourth-order valence-electron chi connectivity index (χ4n) is 1.78. The highest BCUT2D eigenvalue weighted by atomic mass is 32.1. The van der Waals surface area contributed by atoms with Crippen LogP contribution in [0.1, 0.15) is 17.4 Å². The molecule has 0 aliphatic carbocycles. The van der Waals surface area contributed by atoms with Crippen molar-refractivity contribution in [2.24, 2.45) is 5.92 Å². The molecule has 0 amide bonds. The van der Waals surface area contributed by atoms with Gasteiger partial charge in [-0.3, -0.25) is 4.79 Å². The van der Waals surface area contributed by atoms with Crippen LogP contribution in [0.15, 0.2) is 47.8 Å². The molecule has 106 valence electrons. The third kappa shape index (κ3) is 4.79. The van der Waals surface area contributed by atoms with E-state index in [1.54, 1.807) is 11.3 Å². The predicted octanol–water partition coefficient (Wildman–Crippen LogP) is 3.22. The van der Waals surface area contributed by atoms with Gasteiger partial charge in [-0.15, -0.1) is 11.3 Å². The van der Waals surface area contributed by atoms with E-state index in [1.165, 1.54) is 4.88 Å². The van der Waals surface area contributed by atoms with Crippen LogP contribution in [0.25, 0.3) is 0 Å². The van der Waals surface area contributed by atoms with Gasteiger partial charge in [0.15, 0.2) is 0 Å². The van der Waals surface area contributed by atoms with Crippen molar-refractivity contribution in [2.75, 3.05) is 6.54 Å². The van der Waals surface area contributed by atoms with Crippen molar-refractivity contribution in [3.63, 3.8) is 0 Å². The van der Waals surface area contributed by atoms with Crippen LogP contribution < -0.4 is 5.32 Å². The van der Waals surface area contributed by atoms with E-state index in [4.69, 9.17) is 4.74 Å². The minimum atomic E-state index is -0.160. The lowest BCUT2D eigenvalue weighted by Gasteiger charge is -2.12. The summed E-state index contributed by atoms with van der Waals surface area (Å²) >= 11 is 1.71. The van der Waals surface area contributed by atoms with Crippen LogP contribution in [0.2, 0.25) is 0 Å². The maximum Gasteiger partial charge on any atom is 0.310 e. The highest BCUT2D eigenvalue weighted by Gasteiger charge is 2.14. The van der Waals surface area contributed by atoms with E-state index in [1.807, 2.05) is 43.3 Å². The standard InChI is InChI=1S/C16H19NO2S/c1-13(10-17-11-15-8-5-9-20-15)16(18)19-12-14-6-3-2-4-7-14/h2-9,13,17H,10-12H2,1H3. The van der Waals surface area contributed by atoms with Gasteiger partial charge in [0.1, 0.15) is 6.61 Å². The Bertz CT molecular complexity index is 511. The maximum absolute atomic E-state index is 11.8. The molecule has 2 aromatic rings. The molecule has 1 aromatic heterocycles. The van der Waals surface area contributed by atoms with Crippen LogP contribution >= 0.6 is 11.3 Å². The number of benzene rings is 1. The van der Waals surface area contributed by atoms with E-state index in [2.05, 4.69) is 16.8 Å². The number of nitrogens with one attached hydrogen (secondary N) is 1. The first-order valence-corrected chi connectivity index (χ1v) is 7.57. The summed E-state index contributed by atoms with van der Waals surface area (Å²) in [5, 5.41) is 5.33. The first-order chi connectivity index (χ1) is 9.75. The molecule has 4 heteroatoms. The van der Waals surface area contributed by atoms with Gasteiger partial charge in [-0.05, 0) is 17.0 Å². The van der Waals surface area contributed by atoms with Crippen LogP contribution in [0.4, 0.5) is 0 Å². The van der Waals surface area contributed by atoms with E-state index in [0.29, 0.717) is 13.2 Å². The average molecular weight is 289 g/mol. The van der Waals surface area contributed by atoms with Crippen LogP contribution in [0, 0.1) is 5.92 Å². The molecule has 0 aliphatic heterocycles. The van der Waals surface area contributed by atoms with Crippen LogP contribution in [-0.2, 0) is 22.7 Å². The SMILES string of the molecule is CC(CNCc1cccs1)C(=O)OCc1ccccc1. The zero-order valence-electron chi connectivity index (χ0n) is 11.5. The lowest BCUT2D eigenvalue weighted by molar-refractivity contribution is -0.149. The van der Waals surface area contributed by atoms with E-state index < -0.39 is 0 Å². The van der Waals surface area contributed by atoms with E-state index in [0.717, 1.165) is 12.1 Å². The zero-order chi connectivity index (χ0) is 14.2. The quantitative estimate of drug-likeness (QED) is 0.795.